The van der Waals surface area contributed by atoms with Gasteiger partial charge >= 0.3 is 5.97 Å². The molecule has 0 aliphatic carbocycles. The molecular weight excluding hydrogens is 266 g/mol. The van der Waals surface area contributed by atoms with Crippen LogP contribution < -0.4 is 5.56 Å². The van der Waals surface area contributed by atoms with Gasteiger partial charge in [0.15, 0.2) is 0 Å². The number of carboxylic acid groups (broad SMARTS) is 1. The van der Waals surface area contributed by atoms with Gasteiger partial charge in [0.05, 0.1) is 5.56 Å². The molecule has 1 aromatic carbocycles. The van der Waals surface area contributed by atoms with Crippen molar-refractivity contribution in [1.82, 2.24) is 4.57 Å². The van der Waals surface area contributed by atoms with Crippen molar-refractivity contribution in [2.24, 2.45) is 0 Å². The molecule has 4 nitrogen and oxygen atoms in total. The van der Waals surface area contributed by atoms with Crippen LogP contribution in [0, 0.1) is 20.8 Å². The zero-order chi connectivity index (χ0) is 15.6. The summed E-state index contributed by atoms with van der Waals surface area (Å²) in [6.45, 7) is 6.37. The van der Waals surface area contributed by atoms with Crippen LogP contribution in [0.4, 0.5) is 0 Å². The van der Waals surface area contributed by atoms with E-state index in [2.05, 4.69) is 0 Å². The van der Waals surface area contributed by atoms with Crippen LogP contribution in [0.3, 0.4) is 0 Å². The van der Waals surface area contributed by atoms with Crippen LogP contribution in [-0.4, -0.2) is 15.6 Å². The fourth-order valence-corrected chi connectivity index (χ4v) is 2.39. The summed E-state index contributed by atoms with van der Waals surface area (Å²) in [6.07, 6.45) is 0.698. The van der Waals surface area contributed by atoms with Crippen LogP contribution in [-0.2, 0) is 13.0 Å². The smallest absolute Gasteiger partial charge is 0.335 e. The Morgan fingerprint density at radius 3 is 2.29 bits per heavy atom. The summed E-state index contributed by atoms with van der Waals surface area (Å²) in [5.74, 6) is -0.928. The van der Waals surface area contributed by atoms with Gasteiger partial charge < -0.3 is 9.67 Å². The van der Waals surface area contributed by atoms with Crippen molar-refractivity contribution in [3.63, 3.8) is 0 Å². The lowest BCUT2D eigenvalue weighted by molar-refractivity contribution is 0.0697. The Morgan fingerprint density at radius 2 is 1.71 bits per heavy atom. The molecular formula is C17H19NO3. The standard InChI is InChI=1S/C17H19NO3/c1-11-10-12(2)16(19)18(13(11)3)9-8-14-4-6-15(7-5-14)17(20)21/h4-7,10H,8-9H2,1-3H3,(H,20,21). The van der Waals surface area contributed by atoms with Crippen molar-refractivity contribution < 1.29 is 9.90 Å². The van der Waals surface area contributed by atoms with Gasteiger partial charge in [0.1, 0.15) is 0 Å². The first kappa shape index (κ1) is 15.0. The summed E-state index contributed by atoms with van der Waals surface area (Å²) in [5.41, 5.74) is 4.17. The summed E-state index contributed by atoms with van der Waals surface area (Å²) < 4.78 is 1.79. The van der Waals surface area contributed by atoms with E-state index in [-0.39, 0.29) is 11.1 Å². The van der Waals surface area contributed by atoms with E-state index in [0.717, 1.165) is 22.4 Å². The average molecular weight is 285 g/mol. The monoisotopic (exact) mass is 285 g/mol. The highest BCUT2D eigenvalue weighted by molar-refractivity contribution is 5.87. The summed E-state index contributed by atoms with van der Waals surface area (Å²) in [4.78, 5) is 23.0. The lowest BCUT2D eigenvalue weighted by atomic mass is 10.1. The highest BCUT2D eigenvalue weighted by Crippen LogP contribution is 2.09. The molecule has 0 fully saturated rings. The summed E-state index contributed by atoms with van der Waals surface area (Å²) in [5, 5.41) is 8.87. The molecule has 0 spiro atoms. The first-order valence-corrected chi connectivity index (χ1v) is 6.90. The Morgan fingerprint density at radius 1 is 1.10 bits per heavy atom. The summed E-state index contributed by atoms with van der Waals surface area (Å²) in [6, 6.07) is 8.69. The van der Waals surface area contributed by atoms with Gasteiger partial charge in [-0.15, -0.1) is 0 Å². The molecule has 110 valence electrons. The molecule has 0 saturated carbocycles. The van der Waals surface area contributed by atoms with Crippen LogP contribution in [0.5, 0.6) is 0 Å². The van der Waals surface area contributed by atoms with Crippen LogP contribution in [0.1, 0.15) is 32.7 Å². The van der Waals surface area contributed by atoms with Crippen molar-refractivity contribution in [1.29, 1.82) is 0 Å². The van der Waals surface area contributed by atoms with Crippen LogP contribution in [0.25, 0.3) is 0 Å². The molecule has 1 aromatic heterocycles. The molecule has 0 radical (unpaired) electrons. The minimum Gasteiger partial charge on any atom is -0.478 e. The van der Waals surface area contributed by atoms with Crippen molar-refractivity contribution in [3.05, 3.63) is 68.6 Å². The molecule has 1 N–H and O–H groups in total. The summed E-state index contributed by atoms with van der Waals surface area (Å²) >= 11 is 0. The molecule has 21 heavy (non-hydrogen) atoms. The third-order valence-corrected chi connectivity index (χ3v) is 3.82. The first-order chi connectivity index (χ1) is 9.90. The van der Waals surface area contributed by atoms with Gasteiger partial charge in [-0.1, -0.05) is 12.1 Å². The van der Waals surface area contributed by atoms with E-state index in [1.54, 1.807) is 28.8 Å². The fourth-order valence-electron chi connectivity index (χ4n) is 2.39. The van der Waals surface area contributed by atoms with Crippen molar-refractivity contribution in [2.45, 2.75) is 33.7 Å². The molecule has 0 saturated heterocycles. The van der Waals surface area contributed by atoms with Gasteiger partial charge in [-0.25, -0.2) is 4.79 Å². The molecule has 0 aliphatic rings. The number of nitrogens with zero attached hydrogens (tertiary/aromatic N) is 1. The molecule has 0 bridgehead atoms. The van der Waals surface area contributed by atoms with Gasteiger partial charge in [-0.3, -0.25) is 4.79 Å². The molecule has 2 aromatic rings. The maximum Gasteiger partial charge on any atom is 0.335 e. The highest BCUT2D eigenvalue weighted by Gasteiger charge is 2.07. The van der Waals surface area contributed by atoms with Crippen LogP contribution >= 0.6 is 0 Å². The molecule has 4 heteroatoms. The Kier molecular flexibility index (Phi) is 4.26. The fraction of sp³-hybridized carbons (Fsp3) is 0.294. The predicted molar refractivity (Wildman–Crippen MR) is 82.0 cm³/mol. The topological polar surface area (TPSA) is 59.3 Å². The molecule has 0 aliphatic heterocycles. The Balaban J connectivity index is 2.20. The third kappa shape index (κ3) is 3.21. The van der Waals surface area contributed by atoms with E-state index >= 15 is 0 Å². The van der Waals surface area contributed by atoms with E-state index in [0.29, 0.717) is 13.0 Å². The van der Waals surface area contributed by atoms with Crippen molar-refractivity contribution >= 4 is 5.97 Å². The van der Waals surface area contributed by atoms with Crippen molar-refractivity contribution in [2.75, 3.05) is 0 Å². The largest absolute Gasteiger partial charge is 0.478 e. The van der Waals surface area contributed by atoms with Crippen molar-refractivity contribution in [3.8, 4) is 0 Å². The van der Waals surface area contributed by atoms with Gasteiger partial charge in [-0.05, 0) is 56.5 Å². The second-order valence-corrected chi connectivity index (χ2v) is 5.30. The minimum atomic E-state index is -0.928. The van der Waals surface area contributed by atoms with E-state index in [4.69, 9.17) is 5.11 Å². The van der Waals surface area contributed by atoms with Crippen LogP contribution in [0.15, 0.2) is 35.1 Å². The lowest BCUT2D eigenvalue weighted by Crippen LogP contribution is -2.26. The van der Waals surface area contributed by atoms with Gasteiger partial charge in [0, 0.05) is 17.8 Å². The zero-order valence-corrected chi connectivity index (χ0v) is 12.5. The third-order valence-electron chi connectivity index (χ3n) is 3.82. The van der Waals surface area contributed by atoms with E-state index < -0.39 is 5.97 Å². The molecule has 2 rings (SSSR count). The Bertz CT molecular complexity index is 727. The zero-order valence-electron chi connectivity index (χ0n) is 12.5. The number of hydrogen-bond donors (Lipinski definition) is 1. The minimum absolute atomic E-state index is 0.0419. The second kappa shape index (κ2) is 5.95. The molecule has 0 amide bonds. The Hall–Kier alpha value is -2.36. The lowest BCUT2D eigenvalue weighted by Gasteiger charge is -2.13. The van der Waals surface area contributed by atoms with Gasteiger partial charge in [-0.2, -0.15) is 0 Å². The number of carbonyl (C=O) groups is 1. The number of hydrogen-bond acceptors (Lipinski definition) is 2. The highest BCUT2D eigenvalue weighted by atomic mass is 16.4. The maximum absolute atomic E-state index is 12.2. The van der Waals surface area contributed by atoms with E-state index in [9.17, 15) is 9.59 Å². The number of carboxylic acids is 1. The molecule has 1 heterocycles. The SMILES string of the molecule is Cc1cc(C)c(=O)n(CCc2ccc(C(=O)O)cc2)c1C. The second-order valence-electron chi connectivity index (χ2n) is 5.30. The number of pyridine rings is 1. The molecule has 0 unspecified atom stereocenters. The Labute approximate surface area is 123 Å². The van der Waals surface area contributed by atoms with Crippen LogP contribution in [0.2, 0.25) is 0 Å². The van der Waals surface area contributed by atoms with Gasteiger partial charge in [0.2, 0.25) is 0 Å². The predicted octanol–water partition coefficient (Wildman–Crippen LogP) is 2.71. The molecule has 0 atom stereocenters. The number of aromatic carboxylic acids is 1. The average Bonchev–Trinajstić information content (AvgIpc) is 2.45. The number of aryl methyl sites for hydroxylation is 3. The van der Waals surface area contributed by atoms with E-state index in [1.165, 1.54) is 0 Å². The number of rotatable bonds is 4. The van der Waals surface area contributed by atoms with E-state index in [1.807, 2.05) is 26.8 Å². The summed E-state index contributed by atoms with van der Waals surface area (Å²) in [7, 11) is 0. The number of benzene rings is 1. The normalized spacial score (nSPS) is 10.6. The quantitative estimate of drug-likeness (QED) is 0.939. The van der Waals surface area contributed by atoms with Gasteiger partial charge in [0.25, 0.3) is 5.56 Å². The number of aromatic nitrogens is 1. The maximum atomic E-state index is 12.2. The first-order valence-electron chi connectivity index (χ1n) is 6.90.